The summed E-state index contributed by atoms with van der Waals surface area (Å²) in [7, 11) is 0. The van der Waals surface area contributed by atoms with E-state index in [9.17, 15) is 9.59 Å². The number of fused-ring (bicyclic) bond motifs is 2. The molecule has 1 aliphatic carbocycles. The van der Waals surface area contributed by atoms with Crippen molar-refractivity contribution in [1.82, 2.24) is 4.90 Å². The van der Waals surface area contributed by atoms with Crippen LogP contribution in [0.2, 0.25) is 0 Å². The fourth-order valence-electron chi connectivity index (χ4n) is 3.77. The standard InChI is InChI=1S/C17H19NO3/c19-15(12-5-3-6-12)18-10-4-9-17(11-18)14-8-2-1-7-13(14)16(20)21-17/h1-2,7-8,12H,3-6,9-11H2. The number of piperidine rings is 1. The first-order chi connectivity index (χ1) is 10.2. The Balaban J connectivity index is 1.63. The van der Waals surface area contributed by atoms with Crippen molar-refractivity contribution in [3.63, 3.8) is 0 Å². The molecule has 0 bridgehead atoms. The first-order valence-corrected chi connectivity index (χ1v) is 7.81. The zero-order valence-corrected chi connectivity index (χ0v) is 12.0. The quantitative estimate of drug-likeness (QED) is 0.745. The monoisotopic (exact) mass is 285 g/mol. The zero-order valence-electron chi connectivity index (χ0n) is 12.0. The Labute approximate surface area is 124 Å². The van der Waals surface area contributed by atoms with Crippen LogP contribution in [0.5, 0.6) is 0 Å². The smallest absolute Gasteiger partial charge is 0.339 e. The predicted octanol–water partition coefficient (Wildman–Crippen LogP) is 2.47. The molecule has 1 saturated carbocycles. The Morgan fingerprint density at radius 2 is 2.05 bits per heavy atom. The molecule has 2 fully saturated rings. The van der Waals surface area contributed by atoms with E-state index in [1.807, 2.05) is 29.2 Å². The number of benzene rings is 1. The summed E-state index contributed by atoms with van der Waals surface area (Å²) in [6.45, 7) is 1.31. The molecule has 3 aliphatic rings. The number of amides is 1. The van der Waals surface area contributed by atoms with E-state index in [-0.39, 0.29) is 17.8 Å². The lowest BCUT2D eigenvalue weighted by Gasteiger charge is -2.42. The number of hydrogen-bond acceptors (Lipinski definition) is 3. The number of carbonyl (C=O) groups excluding carboxylic acids is 2. The highest BCUT2D eigenvalue weighted by Crippen LogP contribution is 2.43. The highest BCUT2D eigenvalue weighted by atomic mass is 16.6. The van der Waals surface area contributed by atoms with Crippen LogP contribution in [0.1, 0.15) is 48.0 Å². The van der Waals surface area contributed by atoms with Crippen LogP contribution in [-0.2, 0) is 15.1 Å². The Hall–Kier alpha value is -1.84. The summed E-state index contributed by atoms with van der Waals surface area (Å²) in [5.74, 6) is 0.205. The van der Waals surface area contributed by atoms with Crippen molar-refractivity contribution in [2.24, 2.45) is 5.92 Å². The molecule has 4 rings (SSSR count). The van der Waals surface area contributed by atoms with Gasteiger partial charge in [-0.3, -0.25) is 4.79 Å². The number of esters is 1. The molecular formula is C17H19NO3. The average Bonchev–Trinajstić information content (AvgIpc) is 2.70. The van der Waals surface area contributed by atoms with E-state index in [1.165, 1.54) is 0 Å². The van der Waals surface area contributed by atoms with Crippen LogP contribution in [0.15, 0.2) is 24.3 Å². The Kier molecular flexibility index (Phi) is 2.81. The second-order valence-electron chi connectivity index (χ2n) is 6.42. The molecule has 1 aromatic rings. The second-order valence-corrected chi connectivity index (χ2v) is 6.42. The van der Waals surface area contributed by atoms with Crippen LogP contribution < -0.4 is 0 Å². The minimum atomic E-state index is -0.606. The van der Waals surface area contributed by atoms with E-state index in [4.69, 9.17) is 4.74 Å². The van der Waals surface area contributed by atoms with Gasteiger partial charge < -0.3 is 9.64 Å². The van der Waals surface area contributed by atoms with Gasteiger partial charge in [0.15, 0.2) is 5.60 Å². The first-order valence-electron chi connectivity index (χ1n) is 7.81. The molecule has 1 spiro atoms. The van der Waals surface area contributed by atoms with Gasteiger partial charge in [0.2, 0.25) is 5.91 Å². The Morgan fingerprint density at radius 3 is 2.81 bits per heavy atom. The van der Waals surface area contributed by atoms with E-state index in [1.54, 1.807) is 0 Å². The average molecular weight is 285 g/mol. The van der Waals surface area contributed by atoms with Crippen LogP contribution in [0.4, 0.5) is 0 Å². The highest BCUT2D eigenvalue weighted by molar-refractivity contribution is 5.95. The van der Waals surface area contributed by atoms with Gasteiger partial charge in [0.05, 0.1) is 12.1 Å². The van der Waals surface area contributed by atoms with Gasteiger partial charge in [0.25, 0.3) is 0 Å². The zero-order chi connectivity index (χ0) is 14.4. The van der Waals surface area contributed by atoms with Gasteiger partial charge in [-0.2, -0.15) is 0 Å². The van der Waals surface area contributed by atoms with Crippen molar-refractivity contribution in [3.05, 3.63) is 35.4 Å². The van der Waals surface area contributed by atoms with Gasteiger partial charge in [0.1, 0.15) is 0 Å². The molecular weight excluding hydrogens is 266 g/mol. The molecule has 1 aromatic carbocycles. The third-order valence-electron chi connectivity index (χ3n) is 5.15. The molecule has 4 heteroatoms. The summed E-state index contributed by atoms with van der Waals surface area (Å²) in [6.07, 6.45) is 4.88. The number of likely N-dealkylation sites (tertiary alicyclic amines) is 1. The van der Waals surface area contributed by atoms with Crippen LogP contribution in [-0.4, -0.2) is 29.9 Å². The molecule has 0 radical (unpaired) electrons. The lowest BCUT2D eigenvalue weighted by molar-refractivity contribution is -0.145. The number of hydrogen-bond donors (Lipinski definition) is 0. The summed E-state index contributed by atoms with van der Waals surface area (Å²) in [4.78, 5) is 26.5. The summed E-state index contributed by atoms with van der Waals surface area (Å²) in [5.41, 5.74) is 1.02. The Bertz CT molecular complexity index is 608. The minimum absolute atomic E-state index is 0.201. The van der Waals surface area contributed by atoms with Gasteiger partial charge >= 0.3 is 5.97 Å². The van der Waals surface area contributed by atoms with Crippen LogP contribution in [0.3, 0.4) is 0 Å². The third-order valence-corrected chi connectivity index (χ3v) is 5.15. The fraction of sp³-hybridized carbons (Fsp3) is 0.529. The SMILES string of the molecule is O=C1OC2(CCCN(C(=O)C3CCC3)C2)c2ccccc21. The van der Waals surface area contributed by atoms with Gasteiger partial charge in [-0.15, -0.1) is 0 Å². The van der Waals surface area contributed by atoms with E-state index in [0.29, 0.717) is 12.1 Å². The lowest BCUT2D eigenvalue weighted by Crippen LogP contribution is -2.51. The normalized spacial score (nSPS) is 28.2. The largest absolute Gasteiger partial charge is 0.449 e. The summed E-state index contributed by atoms with van der Waals surface area (Å²) in [6, 6.07) is 7.59. The maximum atomic E-state index is 12.5. The van der Waals surface area contributed by atoms with Crippen molar-refractivity contribution in [1.29, 1.82) is 0 Å². The topological polar surface area (TPSA) is 46.6 Å². The molecule has 1 unspecified atom stereocenters. The highest BCUT2D eigenvalue weighted by Gasteiger charge is 2.49. The summed E-state index contributed by atoms with van der Waals surface area (Å²) >= 11 is 0. The van der Waals surface area contributed by atoms with E-state index >= 15 is 0 Å². The number of nitrogens with zero attached hydrogens (tertiary/aromatic N) is 1. The van der Waals surface area contributed by atoms with Crippen molar-refractivity contribution >= 4 is 11.9 Å². The number of ether oxygens (including phenoxy) is 1. The molecule has 0 aromatic heterocycles. The van der Waals surface area contributed by atoms with Gasteiger partial charge in [-0.25, -0.2) is 4.79 Å². The first kappa shape index (κ1) is 12.9. The maximum absolute atomic E-state index is 12.5. The van der Waals surface area contributed by atoms with Gasteiger partial charge in [-0.05, 0) is 31.7 Å². The predicted molar refractivity (Wildman–Crippen MR) is 76.7 cm³/mol. The number of rotatable bonds is 1. The molecule has 110 valence electrons. The maximum Gasteiger partial charge on any atom is 0.339 e. The van der Waals surface area contributed by atoms with Gasteiger partial charge in [0, 0.05) is 18.0 Å². The minimum Gasteiger partial charge on any atom is -0.449 e. The van der Waals surface area contributed by atoms with Crippen molar-refractivity contribution in [2.45, 2.75) is 37.7 Å². The molecule has 1 saturated heterocycles. The molecule has 0 N–H and O–H groups in total. The lowest BCUT2D eigenvalue weighted by atomic mass is 9.81. The van der Waals surface area contributed by atoms with Crippen LogP contribution >= 0.6 is 0 Å². The molecule has 21 heavy (non-hydrogen) atoms. The Morgan fingerprint density at radius 1 is 1.24 bits per heavy atom. The molecule has 4 nitrogen and oxygen atoms in total. The number of carbonyl (C=O) groups is 2. The van der Waals surface area contributed by atoms with Crippen LogP contribution in [0.25, 0.3) is 0 Å². The van der Waals surface area contributed by atoms with E-state index in [2.05, 4.69) is 0 Å². The second kappa shape index (κ2) is 4.58. The van der Waals surface area contributed by atoms with Crippen molar-refractivity contribution in [3.8, 4) is 0 Å². The molecule has 1 atom stereocenters. The molecule has 1 amide bonds. The fourth-order valence-corrected chi connectivity index (χ4v) is 3.77. The third kappa shape index (κ3) is 1.88. The van der Waals surface area contributed by atoms with E-state index < -0.39 is 5.60 Å². The van der Waals surface area contributed by atoms with Crippen molar-refractivity contribution < 1.29 is 14.3 Å². The van der Waals surface area contributed by atoms with Crippen LogP contribution in [0, 0.1) is 5.92 Å². The van der Waals surface area contributed by atoms with Crippen molar-refractivity contribution in [2.75, 3.05) is 13.1 Å². The molecule has 2 aliphatic heterocycles. The summed E-state index contributed by atoms with van der Waals surface area (Å²) in [5, 5.41) is 0. The van der Waals surface area contributed by atoms with Gasteiger partial charge in [-0.1, -0.05) is 24.6 Å². The van der Waals surface area contributed by atoms with E-state index in [0.717, 1.165) is 44.2 Å². The molecule has 2 heterocycles. The summed E-state index contributed by atoms with van der Waals surface area (Å²) < 4.78 is 5.74.